The van der Waals surface area contributed by atoms with Crippen LogP contribution in [-0.4, -0.2) is 49.2 Å². The van der Waals surface area contributed by atoms with Crippen molar-refractivity contribution in [3.05, 3.63) is 58.0 Å². The van der Waals surface area contributed by atoms with Gasteiger partial charge >= 0.3 is 6.09 Å². The molecule has 13 heteroatoms. The largest absolute Gasteiger partial charge is 0.444 e. The fourth-order valence-electron chi connectivity index (χ4n) is 4.85. The van der Waals surface area contributed by atoms with Gasteiger partial charge in [-0.15, -0.1) is 0 Å². The van der Waals surface area contributed by atoms with Crippen molar-refractivity contribution in [3.8, 4) is 6.07 Å². The lowest BCUT2D eigenvalue weighted by Gasteiger charge is -2.44. The van der Waals surface area contributed by atoms with Gasteiger partial charge in [0.05, 0.1) is 37.2 Å². The molecule has 10 nitrogen and oxygen atoms in total. The van der Waals surface area contributed by atoms with Crippen LogP contribution < -0.4 is 10.6 Å². The highest BCUT2D eigenvalue weighted by molar-refractivity contribution is 7.96. The average Bonchev–Trinajstić information content (AvgIpc) is 3.27. The topological polar surface area (TPSA) is 146 Å². The zero-order valence-corrected chi connectivity index (χ0v) is 24.5. The Balaban J connectivity index is 1.77. The first-order chi connectivity index (χ1) is 18.5. The molecule has 212 valence electrons. The molecule has 0 saturated carbocycles. The second kappa shape index (κ2) is 10.1. The number of halogens is 2. The summed E-state index contributed by atoms with van der Waals surface area (Å²) in [4.78, 5) is 34.8. The summed E-state index contributed by atoms with van der Waals surface area (Å²) in [6.07, 6.45) is -0.435. The number of hydrogen-bond donors (Lipinski definition) is 2. The highest BCUT2D eigenvalue weighted by atomic mass is 35.5. The number of benzene rings is 1. The van der Waals surface area contributed by atoms with Crippen molar-refractivity contribution in [2.24, 2.45) is 9.36 Å². The number of anilines is 1. The van der Waals surface area contributed by atoms with Crippen molar-refractivity contribution in [2.45, 2.75) is 69.1 Å². The number of nitriles is 1. The van der Waals surface area contributed by atoms with Gasteiger partial charge in [0.25, 0.3) is 5.91 Å². The number of ether oxygens (including phenoxy) is 1. The minimum Gasteiger partial charge on any atom is -0.444 e. The number of fused-ring (bicyclic) bond motifs is 1. The van der Waals surface area contributed by atoms with Gasteiger partial charge in [-0.2, -0.15) is 5.26 Å². The summed E-state index contributed by atoms with van der Waals surface area (Å²) >= 11 is 6.17. The number of carbonyl (C=O) groups excluding carboxylic acids is 2. The van der Waals surface area contributed by atoms with Crippen LogP contribution in [0.25, 0.3) is 0 Å². The van der Waals surface area contributed by atoms with E-state index < -0.39 is 48.7 Å². The predicted octanol–water partition coefficient (Wildman–Crippen LogP) is 5.17. The van der Waals surface area contributed by atoms with Gasteiger partial charge in [-0.1, -0.05) is 11.6 Å². The van der Waals surface area contributed by atoms with E-state index in [0.29, 0.717) is 6.42 Å². The molecule has 2 amide bonds. The van der Waals surface area contributed by atoms with Gasteiger partial charge in [-0.05, 0) is 78.3 Å². The predicted molar refractivity (Wildman–Crippen MR) is 150 cm³/mol. The molecule has 2 N–H and O–H groups in total. The molecule has 40 heavy (non-hydrogen) atoms. The van der Waals surface area contributed by atoms with Crippen LogP contribution in [0.15, 0.2) is 39.7 Å². The summed E-state index contributed by atoms with van der Waals surface area (Å²) in [6.45, 7) is 10.3. The molecule has 0 aliphatic carbocycles. The van der Waals surface area contributed by atoms with E-state index in [9.17, 15) is 13.8 Å². The maximum atomic E-state index is 15.5. The minimum atomic E-state index is -3.09. The number of amidine groups is 1. The number of nitrogens with zero attached hydrogens (tertiary/aromatic N) is 4. The first-order valence-electron chi connectivity index (χ1n) is 12.5. The average molecular weight is 589 g/mol. The third-order valence-electron chi connectivity index (χ3n) is 6.86. The van der Waals surface area contributed by atoms with Crippen molar-refractivity contribution in [3.63, 3.8) is 0 Å². The molecule has 4 rings (SSSR count). The number of hydrogen-bond acceptors (Lipinski definition) is 8. The Morgan fingerprint density at radius 2 is 1.90 bits per heavy atom. The van der Waals surface area contributed by atoms with Gasteiger partial charge in [-0.25, -0.2) is 22.7 Å². The number of amides is 2. The van der Waals surface area contributed by atoms with Crippen molar-refractivity contribution < 1.29 is 22.9 Å². The Bertz CT molecular complexity index is 1600. The summed E-state index contributed by atoms with van der Waals surface area (Å²) in [7, 11) is -3.09. The standard InChI is InChI=1S/C27H30ClFN6O4S/c1-25(2,3)39-24(37)34-23-26(4,5)40(38)19(11-12-31-40)27(6,35-23)21-18(29)9-10-20(32-21)33-22(36)16-8-7-15(14-30)13-17(16)28/h7-10,13,19H,11-12H2,1-6H3,(H,32,33,36)(H,34,35,37)/t19-,27-,40?/m0/s1. The third kappa shape index (κ3) is 5.15. The van der Waals surface area contributed by atoms with Gasteiger partial charge in [0.15, 0.2) is 0 Å². The molecule has 0 radical (unpaired) electrons. The number of aliphatic imine (C=N–C) groups is 1. The number of pyridine rings is 1. The molecule has 1 aromatic heterocycles. The molecule has 0 fully saturated rings. The molecular weight excluding hydrogens is 559 g/mol. The molecule has 2 aliphatic heterocycles. The second-order valence-electron chi connectivity index (χ2n) is 11.2. The van der Waals surface area contributed by atoms with Gasteiger partial charge < -0.3 is 10.1 Å². The molecule has 2 aromatic rings. The van der Waals surface area contributed by atoms with E-state index in [1.54, 1.807) is 41.5 Å². The van der Waals surface area contributed by atoms with E-state index >= 15 is 4.39 Å². The van der Waals surface area contributed by atoms with Gasteiger partial charge in [0.2, 0.25) is 0 Å². The van der Waals surface area contributed by atoms with Crippen molar-refractivity contribution in [1.29, 1.82) is 5.26 Å². The highest BCUT2D eigenvalue weighted by Gasteiger charge is 2.58. The lowest BCUT2D eigenvalue weighted by molar-refractivity contribution is 0.0560. The van der Waals surface area contributed by atoms with Gasteiger partial charge in [-0.3, -0.25) is 15.1 Å². The summed E-state index contributed by atoms with van der Waals surface area (Å²) in [5.41, 5.74) is -2.08. The summed E-state index contributed by atoms with van der Waals surface area (Å²) < 4.78 is 38.6. The van der Waals surface area contributed by atoms with E-state index in [4.69, 9.17) is 26.6 Å². The second-order valence-corrected chi connectivity index (χ2v) is 14.6. The maximum Gasteiger partial charge on any atom is 0.413 e. The zero-order chi connectivity index (χ0) is 29.7. The number of carbonyl (C=O) groups is 2. The van der Waals surface area contributed by atoms with Crippen LogP contribution in [0.3, 0.4) is 0 Å². The number of nitrogens with one attached hydrogen (secondary N) is 2. The van der Waals surface area contributed by atoms with Crippen molar-refractivity contribution in [2.75, 3.05) is 11.9 Å². The van der Waals surface area contributed by atoms with Crippen molar-refractivity contribution in [1.82, 2.24) is 10.3 Å². The van der Waals surface area contributed by atoms with Crippen LogP contribution in [0.5, 0.6) is 0 Å². The summed E-state index contributed by atoms with van der Waals surface area (Å²) in [6, 6.07) is 8.57. The van der Waals surface area contributed by atoms with Crippen LogP contribution in [-0.2, 0) is 20.0 Å². The lowest BCUT2D eigenvalue weighted by atomic mass is 9.89. The molecule has 2 aliphatic rings. The Morgan fingerprint density at radius 3 is 2.52 bits per heavy atom. The number of rotatable bonds is 3. The van der Waals surface area contributed by atoms with E-state index in [-0.39, 0.29) is 40.0 Å². The molecule has 0 saturated heterocycles. The fraction of sp³-hybridized carbons (Fsp3) is 0.444. The minimum absolute atomic E-state index is 0.00571. The SMILES string of the molecule is CC(C)(C)OC(=O)NC1=N[C@](C)(c2nc(NC(=O)c3ccc(C#N)cc3Cl)ccc2F)[C@@H]2CCN=S2(=O)C1(C)C. The van der Waals surface area contributed by atoms with E-state index in [1.807, 2.05) is 6.07 Å². The molecular formula is C27H30ClFN6O4S. The number of aromatic nitrogens is 1. The van der Waals surface area contributed by atoms with Crippen LogP contribution in [0, 0.1) is 17.1 Å². The Hall–Kier alpha value is -3.56. The van der Waals surface area contributed by atoms with Crippen LogP contribution >= 0.6 is 11.6 Å². The van der Waals surface area contributed by atoms with Crippen LogP contribution in [0.4, 0.5) is 15.0 Å². The summed E-state index contributed by atoms with van der Waals surface area (Å²) in [5.74, 6) is -1.31. The first-order valence-corrected chi connectivity index (χ1v) is 14.5. The molecule has 3 atom stereocenters. The maximum absolute atomic E-state index is 15.5. The Kier molecular flexibility index (Phi) is 7.45. The smallest absolute Gasteiger partial charge is 0.413 e. The van der Waals surface area contributed by atoms with E-state index in [1.165, 1.54) is 24.3 Å². The number of alkyl carbamates (subject to hydrolysis) is 1. The zero-order valence-electron chi connectivity index (χ0n) is 23.0. The highest BCUT2D eigenvalue weighted by Crippen LogP contribution is 2.47. The van der Waals surface area contributed by atoms with Crippen LogP contribution in [0.2, 0.25) is 5.02 Å². The molecule has 1 unspecified atom stereocenters. The molecule has 3 heterocycles. The monoisotopic (exact) mass is 588 g/mol. The third-order valence-corrected chi connectivity index (χ3v) is 10.9. The van der Waals surface area contributed by atoms with E-state index in [0.717, 1.165) is 6.07 Å². The fourth-order valence-corrected chi connectivity index (χ4v) is 8.29. The summed E-state index contributed by atoms with van der Waals surface area (Å²) in [5, 5.41) is 13.6. The normalized spacial score (nSPS) is 25.1. The lowest BCUT2D eigenvalue weighted by Crippen LogP contribution is -2.61. The molecule has 1 aromatic carbocycles. The van der Waals surface area contributed by atoms with Gasteiger partial charge in [0.1, 0.15) is 39.1 Å². The first kappa shape index (κ1) is 29.4. The quantitative estimate of drug-likeness (QED) is 0.506. The van der Waals surface area contributed by atoms with Crippen LogP contribution in [0.1, 0.15) is 69.6 Å². The Labute approximate surface area is 237 Å². The molecule has 0 spiro atoms. The molecule has 0 bridgehead atoms. The van der Waals surface area contributed by atoms with E-state index in [2.05, 4.69) is 20.0 Å². The van der Waals surface area contributed by atoms with Gasteiger partial charge in [0, 0.05) is 6.54 Å². The van der Waals surface area contributed by atoms with Crippen molar-refractivity contribution >= 4 is 45.0 Å². The Morgan fingerprint density at radius 1 is 1.20 bits per heavy atom.